The van der Waals surface area contributed by atoms with Crippen LogP contribution in [0.2, 0.25) is 10.0 Å². The molecule has 17 heavy (non-hydrogen) atoms. The third-order valence-electron chi connectivity index (χ3n) is 2.42. The number of halogens is 2. The predicted octanol–water partition coefficient (Wildman–Crippen LogP) is 3.51. The maximum absolute atomic E-state index is 6.13. The van der Waals surface area contributed by atoms with Crippen LogP contribution in [0.4, 0.5) is 0 Å². The highest BCUT2D eigenvalue weighted by atomic mass is 35.5. The molecule has 0 heterocycles. The fourth-order valence-corrected chi connectivity index (χ4v) is 3.02. The fraction of sp³-hybridized carbons (Fsp3) is 0.500. The molecule has 5 heteroatoms. The van der Waals surface area contributed by atoms with E-state index < -0.39 is 0 Å². The average Bonchev–Trinajstić information content (AvgIpc) is 2.32. The number of nitrogens with one attached hydrogen (secondary N) is 1. The Morgan fingerprint density at radius 1 is 1.35 bits per heavy atom. The van der Waals surface area contributed by atoms with Gasteiger partial charge in [0.25, 0.3) is 0 Å². The first kappa shape index (κ1) is 15.1. The van der Waals surface area contributed by atoms with Crippen molar-refractivity contribution in [2.24, 2.45) is 5.84 Å². The monoisotopic (exact) mass is 292 g/mol. The second kappa shape index (κ2) is 8.22. The zero-order valence-corrected chi connectivity index (χ0v) is 12.2. The van der Waals surface area contributed by atoms with Gasteiger partial charge in [0.05, 0.1) is 0 Å². The molecule has 1 unspecified atom stereocenters. The summed E-state index contributed by atoms with van der Waals surface area (Å²) in [4.78, 5) is 0. The van der Waals surface area contributed by atoms with Crippen LogP contribution in [-0.4, -0.2) is 17.5 Å². The van der Waals surface area contributed by atoms with Crippen molar-refractivity contribution in [3.05, 3.63) is 33.8 Å². The van der Waals surface area contributed by atoms with Crippen molar-refractivity contribution in [1.82, 2.24) is 5.43 Å². The molecule has 1 aromatic carbocycles. The highest BCUT2D eigenvalue weighted by molar-refractivity contribution is 7.99. The molecule has 0 aliphatic carbocycles. The van der Waals surface area contributed by atoms with Gasteiger partial charge in [-0.15, -0.1) is 0 Å². The van der Waals surface area contributed by atoms with Gasteiger partial charge in [-0.1, -0.05) is 36.2 Å². The molecular formula is C12H18Cl2N2S. The molecule has 0 aromatic heterocycles. The Bertz CT molecular complexity index is 327. The Morgan fingerprint density at radius 2 is 2.00 bits per heavy atom. The quantitative estimate of drug-likeness (QED) is 0.459. The summed E-state index contributed by atoms with van der Waals surface area (Å²) in [5.41, 5.74) is 3.79. The van der Waals surface area contributed by atoms with Gasteiger partial charge in [-0.25, -0.2) is 0 Å². The lowest BCUT2D eigenvalue weighted by Crippen LogP contribution is -2.38. The van der Waals surface area contributed by atoms with Gasteiger partial charge in [0.2, 0.25) is 0 Å². The molecule has 0 saturated carbocycles. The van der Waals surface area contributed by atoms with Gasteiger partial charge < -0.3 is 0 Å². The van der Waals surface area contributed by atoms with Crippen LogP contribution >= 0.6 is 35.0 Å². The number of thioether (sulfide) groups is 1. The Hall–Kier alpha value is 0.0700. The normalized spacial score (nSPS) is 12.7. The number of hydrazine groups is 1. The molecule has 0 bridgehead atoms. The SMILES string of the molecule is CCCSCC(Cc1c(Cl)cccc1Cl)NN. The summed E-state index contributed by atoms with van der Waals surface area (Å²) < 4.78 is 0. The molecule has 0 aliphatic rings. The number of hydrogen-bond donors (Lipinski definition) is 2. The van der Waals surface area contributed by atoms with E-state index in [2.05, 4.69) is 12.3 Å². The smallest absolute Gasteiger partial charge is 0.0453 e. The Morgan fingerprint density at radius 3 is 2.53 bits per heavy atom. The third kappa shape index (κ3) is 5.06. The maximum atomic E-state index is 6.13. The van der Waals surface area contributed by atoms with Crippen LogP contribution in [0.3, 0.4) is 0 Å². The van der Waals surface area contributed by atoms with Gasteiger partial charge in [0, 0.05) is 21.8 Å². The van der Waals surface area contributed by atoms with Crippen LogP contribution < -0.4 is 11.3 Å². The minimum atomic E-state index is 0.198. The Labute approximate surface area is 117 Å². The first-order valence-corrected chi connectivity index (χ1v) is 7.56. The molecule has 1 aromatic rings. The van der Waals surface area contributed by atoms with Gasteiger partial charge in [-0.05, 0) is 36.3 Å². The lowest BCUT2D eigenvalue weighted by Gasteiger charge is -2.17. The largest absolute Gasteiger partial charge is 0.271 e. The summed E-state index contributed by atoms with van der Waals surface area (Å²) in [6.07, 6.45) is 1.93. The van der Waals surface area contributed by atoms with Crippen LogP contribution in [0.25, 0.3) is 0 Å². The first-order valence-electron chi connectivity index (χ1n) is 5.65. The fourth-order valence-electron chi connectivity index (χ4n) is 1.51. The molecule has 2 nitrogen and oxygen atoms in total. The second-order valence-corrected chi connectivity index (χ2v) is 5.81. The summed E-state index contributed by atoms with van der Waals surface area (Å²) in [6.45, 7) is 2.17. The zero-order chi connectivity index (χ0) is 12.7. The van der Waals surface area contributed by atoms with Crippen LogP contribution in [0.1, 0.15) is 18.9 Å². The van der Waals surface area contributed by atoms with Crippen molar-refractivity contribution in [2.45, 2.75) is 25.8 Å². The van der Waals surface area contributed by atoms with E-state index in [9.17, 15) is 0 Å². The molecule has 3 N–H and O–H groups in total. The first-order chi connectivity index (χ1) is 8.19. The summed E-state index contributed by atoms with van der Waals surface area (Å²) in [7, 11) is 0. The summed E-state index contributed by atoms with van der Waals surface area (Å²) in [5, 5.41) is 1.41. The molecule has 0 spiro atoms. The van der Waals surface area contributed by atoms with E-state index in [-0.39, 0.29) is 6.04 Å². The van der Waals surface area contributed by atoms with E-state index in [0.717, 1.165) is 23.5 Å². The molecule has 1 atom stereocenters. The Balaban J connectivity index is 2.60. The molecule has 0 amide bonds. The van der Waals surface area contributed by atoms with Crippen LogP contribution in [0.15, 0.2) is 18.2 Å². The van der Waals surface area contributed by atoms with Gasteiger partial charge in [-0.2, -0.15) is 11.8 Å². The maximum Gasteiger partial charge on any atom is 0.0453 e. The third-order valence-corrected chi connectivity index (χ3v) is 4.46. The highest BCUT2D eigenvalue weighted by Gasteiger charge is 2.12. The highest BCUT2D eigenvalue weighted by Crippen LogP contribution is 2.26. The van der Waals surface area contributed by atoms with Crippen LogP contribution in [0, 0.1) is 0 Å². The van der Waals surface area contributed by atoms with Gasteiger partial charge in [0.1, 0.15) is 0 Å². The minimum Gasteiger partial charge on any atom is -0.271 e. The summed E-state index contributed by atoms with van der Waals surface area (Å²) in [5.74, 6) is 7.66. The topological polar surface area (TPSA) is 38.0 Å². The Kier molecular flexibility index (Phi) is 7.32. The van der Waals surface area contributed by atoms with E-state index in [0.29, 0.717) is 10.0 Å². The van der Waals surface area contributed by atoms with E-state index in [4.69, 9.17) is 29.0 Å². The molecule has 96 valence electrons. The van der Waals surface area contributed by atoms with Gasteiger partial charge in [-0.3, -0.25) is 11.3 Å². The summed E-state index contributed by atoms with van der Waals surface area (Å²) in [6, 6.07) is 5.76. The van der Waals surface area contributed by atoms with Gasteiger partial charge in [0.15, 0.2) is 0 Å². The van der Waals surface area contributed by atoms with Crippen molar-refractivity contribution in [1.29, 1.82) is 0 Å². The standard InChI is InChI=1S/C12H18Cl2N2S/c1-2-6-17-8-9(16-15)7-10-11(13)4-3-5-12(10)14/h3-5,9,16H,2,6-8,15H2,1H3. The van der Waals surface area contributed by atoms with Crippen LogP contribution in [0.5, 0.6) is 0 Å². The summed E-state index contributed by atoms with van der Waals surface area (Å²) >= 11 is 14.2. The van der Waals surface area contributed by atoms with E-state index in [1.165, 1.54) is 6.42 Å². The van der Waals surface area contributed by atoms with Crippen LogP contribution in [-0.2, 0) is 6.42 Å². The molecule has 0 fully saturated rings. The van der Waals surface area contributed by atoms with Crippen molar-refractivity contribution < 1.29 is 0 Å². The van der Waals surface area contributed by atoms with Crippen molar-refractivity contribution in [2.75, 3.05) is 11.5 Å². The number of benzene rings is 1. The van der Waals surface area contributed by atoms with Crippen molar-refractivity contribution >= 4 is 35.0 Å². The lowest BCUT2D eigenvalue weighted by atomic mass is 10.1. The van der Waals surface area contributed by atoms with Crippen molar-refractivity contribution in [3.8, 4) is 0 Å². The van der Waals surface area contributed by atoms with E-state index >= 15 is 0 Å². The van der Waals surface area contributed by atoms with Gasteiger partial charge >= 0.3 is 0 Å². The predicted molar refractivity (Wildman–Crippen MR) is 78.9 cm³/mol. The van der Waals surface area contributed by atoms with E-state index in [1.54, 1.807) is 0 Å². The molecule has 0 saturated heterocycles. The van der Waals surface area contributed by atoms with E-state index in [1.807, 2.05) is 30.0 Å². The number of nitrogens with two attached hydrogens (primary N) is 1. The average molecular weight is 293 g/mol. The lowest BCUT2D eigenvalue weighted by molar-refractivity contribution is 0.575. The second-order valence-electron chi connectivity index (χ2n) is 3.84. The molecular weight excluding hydrogens is 275 g/mol. The van der Waals surface area contributed by atoms with Crippen molar-refractivity contribution in [3.63, 3.8) is 0 Å². The zero-order valence-electron chi connectivity index (χ0n) is 9.88. The minimum absolute atomic E-state index is 0.198. The molecule has 0 aliphatic heterocycles. The number of hydrogen-bond acceptors (Lipinski definition) is 3. The molecule has 0 radical (unpaired) electrons. The number of rotatable bonds is 7. The molecule has 1 rings (SSSR count).